The van der Waals surface area contributed by atoms with Crippen molar-refractivity contribution in [3.8, 4) is 39.5 Å². The molecule has 0 bridgehead atoms. The predicted molar refractivity (Wildman–Crippen MR) is 251 cm³/mol. The van der Waals surface area contributed by atoms with E-state index in [1.54, 1.807) is 17.4 Å². The maximum atomic E-state index is 15.6. The molecule has 0 atom stereocenters. The minimum absolute atomic E-state index is 0. The first kappa shape index (κ1) is 41.2. The quantitative estimate of drug-likeness (QED) is 0.118. The monoisotopic (exact) mass is 994 g/mol. The minimum Gasteiger partial charge on any atom is -0.333 e. The summed E-state index contributed by atoms with van der Waals surface area (Å²) in [6, 6.07) is 57.3. The third-order valence-electron chi connectivity index (χ3n) is 10.8. The second-order valence-electron chi connectivity index (χ2n) is 16.5. The van der Waals surface area contributed by atoms with E-state index in [1.807, 2.05) is 84.9 Å². The molecule has 0 saturated carbocycles. The smallest absolute Gasteiger partial charge is 0.131 e. The van der Waals surface area contributed by atoms with Gasteiger partial charge in [-0.05, 0) is 80.8 Å². The Morgan fingerprint density at radius 3 is 2.23 bits per heavy atom. The van der Waals surface area contributed by atoms with Crippen molar-refractivity contribution in [3.05, 3.63) is 181 Å². The summed E-state index contributed by atoms with van der Waals surface area (Å²) in [7, 11) is -1.34. The van der Waals surface area contributed by atoms with Crippen LogP contribution in [-0.2, 0) is 26.5 Å². The molecule has 0 aliphatic rings. The molecule has 10 rings (SSSR count). The van der Waals surface area contributed by atoms with E-state index < -0.39 is 8.07 Å². The number of pyridine rings is 1. The molecule has 0 amide bonds. The zero-order chi connectivity index (χ0) is 40.7. The van der Waals surface area contributed by atoms with Gasteiger partial charge in [0.15, 0.2) is 0 Å². The van der Waals surface area contributed by atoms with Crippen LogP contribution in [0.2, 0.25) is 19.6 Å². The molecule has 0 unspecified atom stereocenters. The number of aromatic nitrogens is 3. The normalized spacial score (nSPS) is 11.6. The maximum Gasteiger partial charge on any atom is 0.131 e. The van der Waals surface area contributed by atoms with Gasteiger partial charge in [-0.3, -0.25) is 4.98 Å². The molecular formula is C53H44FIrN3SSi-2. The molecule has 3 nitrogen and oxygen atoms in total. The second-order valence-corrected chi connectivity index (χ2v) is 22.6. The Hall–Kier alpha value is -5.56. The van der Waals surface area contributed by atoms with Crippen LogP contribution in [0.5, 0.6) is 0 Å². The molecule has 7 aromatic carbocycles. The molecule has 1 radical (unpaired) electrons. The first-order chi connectivity index (χ1) is 28.6. The van der Waals surface area contributed by atoms with Crippen LogP contribution in [0.1, 0.15) is 19.4 Å². The number of imidazole rings is 1. The number of fused-ring (bicyclic) bond motifs is 5. The van der Waals surface area contributed by atoms with Gasteiger partial charge >= 0.3 is 0 Å². The van der Waals surface area contributed by atoms with E-state index in [9.17, 15) is 0 Å². The van der Waals surface area contributed by atoms with Crippen molar-refractivity contribution in [3.63, 3.8) is 0 Å². The number of hydrogen-bond acceptors (Lipinski definition) is 3. The van der Waals surface area contributed by atoms with Gasteiger partial charge < -0.3 is 9.55 Å². The fraction of sp³-hybridized carbons (Fsp3) is 0.132. The van der Waals surface area contributed by atoms with Crippen molar-refractivity contribution < 1.29 is 24.5 Å². The number of benzene rings is 7. The minimum atomic E-state index is -1.34. The van der Waals surface area contributed by atoms with E-state index in [4.69, 9.17) is 4.98 Å². The molecule has 299 valence electrons. The van der Waals surface area contributed by atoms with Gasteiger partial charge in [0, 0.05) is 47.5 Å². The Morgan fingerprint density at radius 2 is 1.45 bits per heavy atom. The molecule has 0 fully saturated rings. The van der Waals surface area contributed by atoms with Gasteiger partial charge in [0.2, 0.25) is 0 Å². The van der Waals surface area contributed by atoms with Crippen molar-refractivity contribution >= 4 is 66.6 Å². The first-order valence-corrected chi connectivity index (χ1v) is 24.5. The third kappa shape index (κ3) is 8.03. The van der Waals surface area contributed by atoms with Gasteiger partial charge in [0.25, 0.3) is 0 Å². The van der Waals surface area contributed by atoms with Crippen molar-refractivity contribution in [1.82, 2.24) is 14.5 Å². The van der Waals surface area contributed by atoms with Gasteiger partial charge in [-0.25, -0.2) is 4.39 Å². The molecule has 0 saturated heterocycles. The van der Waals surface area contributed by atoms with Crippen LogP contribution in [0.3, 0.4) is 0 Å². The average Bonchev–Trinajstić information content (AvgIpc) is 3.83. The van der Waals surface area contributed by atoms with E-state index >= 15 is 4.39 Å². The van der Waals surface area contributed by atoms with Crippen LogP contribution in [0, 0.1) is 23.9 Å². The summed E-state index contributed by atoms with van der Waals surface area (Å²) in [6.07, 6.45) is 3.24. The number of hydrogen-bond donors (Lipinski definition) is 0. The fourth-order valence-corrected chi connectivity index (χ4v) is 10.9. The number of nitrogens with zero attached hydrogens (tertiary/aromatic N) is 3. The summed E-state index contributed by atoms with van der Waals surface area (Å²) in [5.41, 5.74) is 9.11. The molecule has 7 heteroatoms. The van der Waals surface area contributed by atoms with Gasteiger partial charge in [0.05, 0.1) is 24.9 Å². The summed E-state index contributed by atoms with van der Waals surface area (Å²) < 4.78 is 20.1. The summed E-state index contributed by atoms with van der Waals surface area (Å²) in [5.74, 6) is 1.23. The number of para-hydroxylation sites is 2. The molecule has 0 spiro atoms. The fourth-order valence-electron chi connectivity index (χ4n) is 8.09. The van der Waals surface area contributed by atoms with Crippen LogP contribution in [0.25, 0.3) is 81.4 Å². The summed E-state index contributed by atoms with van der Waals surface area (Å²) in [4.78, 5) is 9.82. The predicted octanol–water partition coefficient (Wildman–Crippen LogP) is 14.1. The van der Waals surface area contributed by atoms with E-state index in [0.29, 0.717) is 11.3 Å². The Bertz CT molecular complexity index is 3110. The first-order valence-electron chi connectivity index (χ1n) is 20.2. The summed E-state index contributed by atoms with van der Waals surface area (Å²) in [6.45, 7) is 11.7. The van der Waals surface area contributed by atoms with Crippen LogP contribution in [-0.4, -0.2) is 22.6 Å². The zero-order valence-corrected chi connectivity index (χ0v) is 38.5. The van der Waals surface area contributed by atoms with E-state index in [-0.39, 0.29) is 25.9 Å². The van der Waals surface area contributed by atoms with Crippen molar-refractivity contribution in [2.24, 2.45) is 5.92 Å². The molecule has 60 heavy (non-hydrogen) atoms. The van der Waals surface area contributed by atoms with Crippen LogP contribution < -0.4 is 5.19 Å². The topological polar surface area (TPSA) is 30.7 Å². The Morgan fingerprint density at radius 1 is 0.700 bits per heavy atom. The van der Waals surface area contributed by atoms with Gasteiger partial charge in [-0.2, -0.15) is 11.3 Å². The van der Waals surface area contributed by atoms with E-state index in [2.05, 4.69) is 122 Å². The van der Waals surface area contributed by atoms with Gasteiger partial charge in [0.1, 0.15) is 5.82 Å². The maximum absolute atomic E-state index is 15.6. The molecular weight excluding hydrogens is 950 g/mol. The largest absolute Gasteiger partial charge is 0.333 e. The average molecular weight is 994 g/mol. The van der Waals surface area contributed by atoms with Crippen molar-refractivity contribution in [2.45, 2.75) is 39.9 Å². The van der Waals surface area contributed by atoms with Crippen molar-refractivity contribution in [2.75, 3.05) is 0 Å². The van der Waals surface area contributed by atoms with Gasteiger partial charge in [-0.15, -0.1) is 54.1 Å². The molecule has 0 N–H and O–H groups in total. The molecule has 3 heterocycles. The third-order valence-corrected chi connectivity index (χ3v) is 14.1. The Balaban J connectivity index is 0.000000202. The second kappa shape index (κ2) is 17.2. The van der Waals surface area contributed by atoms with Crippen molar-refractivity contribution in [1.29, 1.82) is 0 Å². The summed E-state index contributed by atoms with van der Waals surface area (Å²) in [5, 5.41) is 5.34. The Labute approximate surface area is 370 Å². The molecule has 0 aliphatic heterocycles. The zero-order valence-electron chi connectivity index (χ0n) is 34.3. The molecule has 10 aromatic rings. The molecule has 3 aromatic heterocycles. The van der Waals surface area contributed by atoms with Crippen LogP contribution >= 0.6 is 11.3 Å². The number of halogens is 1. The van der Waals surface area contributed by atoms with Gasteiger partial charge in [-0.1, -0.05) is 129 Å². The number of rotatable bonds is 7. The number of thiophene rings is 1. The standard InChI is InChI=1S/C35H20FN2S.C18H24NSi.Ir/c36-29-21-23(22-10-2-1-3-11-22)20-28-24(29)13-9-18-31(28)38-32-17-6-5-16-30(32)37-35(38)27-15-8-14-26-25-12-4-7-19-33(25)39-34(26)27;1-14(2)11-16-12-17(15-9-7-6-8-10-15)19-13-18(16)20(3,4)5;/h1-14,16-21H;6-9,12-14H,11H2,1-5H3;/q2*-1;. The van der Waals surface area contributed by atoms with Crippen LogP contribution in [0.4, 0.5) is 4.39 Å². The molecule has 0 aliphatic carbocycles. The van der Waals surface area contributed by atoms with Crippen LogP contribution in [0.15, 0.2) is 158 Å². The summed E-state index contributed by atoms with van der Waals surface area (Å²) >= 11 is 1.76. The SMILES string of the molecule is CC(C)Cc1cc(-c2[c-]cccc2)ncc1[Si](C)(C)C.Fc1cc(-c2ccccc2)cc2c(-n3c(-c4[c-]ccc5c4sc4ccccc45)nc4ccccc43)cccc12.[Ir]. The Kier molecular flexibility index (Phi) is 11.8. The van der Waals surface area contributed by atoms with E-state index in [1.165, 1.54) is 26.2 Å². The van der Waals surface area contributed by atoms with E-state index in [0.717, 1.165) is 67.0 Å².